The molecule has 0 saturated heterocycles. The minimum absolute atomic E-state index is 0.199. The molecule has 0 fully saturated rings. The van der Waals surface area contributed by atoms with Gasteiger partial charge in [-0.1, -0.05) is 18.1 Å². The number of halogens is 1. The van der Waals surface area contributed by atoms with Crippen molar-refractivity contribution in [1.82, 2.24) is 18.7 Å². The number of fused-ring (bicyclic) bond motifs is 1. The summed E-state index contributed by atoms with van der Waals surface area (Å²) >= 11 is 3.30. The van der Waals surface area contributed by atoms with Gasteiger partial charge in [0.25, 0.3) is 5.56 Å². The SMILES string of the molecule is CC#CCn1c(Br)nc2c1c(=O)n(CC(=O)c1ccccc1OC)c(=O)n2C. The Morgan fingerprint density at radius 1 is 1.25 bits per heavy atom. The Hall–Kier alpha value is -3.12. The van der Waals surface area contributed by atoms with E-state index in [0.717, 1.165) is 4.57 Å². The lowest BCUT2D eigenvalue weighted by Gasteiger charge is -2.10. The molecule has 0 atom stereocenters. The Labute approximate surface area is 168 Å². The van der Waals surface area contributed by atoms with E-state index in [-0.39, 0.29) is 17.7 Å². The number of rotatable bonds is 5. The second-order valence-corrected chi connectivity index (χ2v) is 6.63. The zero-order valence-corrected chi connectivity index (χ0v) is 17.1. The Bertz CT molecular complexity index is 1260. The van der Waals surface area contributed by atoms with E-state index in [9.17, 15) is 14.4 Å². The van der Waals surface area contributed by atoms with Gasteiger partial charge in [-0.2, -0.15) is 0 Å². The number of hydrogen-bond donors (Lipinski definition) is 0. The summed E-state index contributed by atoms with van der Waals surface area (Å²) in [6, 6.07) is 6.66. The molecule has 0 aliphatic carbocycles. The van der Waals surface area contributed by atoms with Crippen LogP contribution in [-0.4, -0.2) is 31.6 Å². The molecular weight excluding hydrogens is 428 g/mol. The van der Waals surface area contributed by atoms with Crippen molar-refractivity contribution < 1.29 is 9.53 Å². The van der Waals surface area contributed by atoms with Crippen LogP contribution in [0.4, 0.5) is 0 Å². The molecule has 0 saturated carbocycles. The minimum atomic E-state index is -0.625. The normalized spacial score (nSPS) is 10.6. The van der Waals surface area contributed by atoms with Gasteiger partial charge in [0.15, 0.2) is 21.7 Å². The molecule has 8 nitrogen and oxygen atoms in total. The van der Waals surface area contributed by atoms with E-state index in [1.807, 2.05) is 0 Å². The zero-order valence-electron chi connectivity index (χ0n) is 15.5. The van der Waals surface area contributed by atoms with Crippen LogP contribution in [-0.2, 0) is 20.1 Å². The smallest absolute Gasteiger partial charge is 0.332 e. The van der Waals surface area contributed by atoms with Gasteiger partial charge >= 0.3 is 5.69 Å². The van der Waals surface area contributed by atoms with Gasteiger partial charge in [0.05, 0.1) is 25.8 Å². The van der Waals surface area contributed by atoms with Crippen LogP contribution in [0.5, 0.6) is 5.75 Å². The first-order valence-corrected chi connectivity index (χ1v) is 9.11. The fourth-order valence-electron chi connectivity index (χ4n) is 2.89. The van der Waals surface area contributed by atoms with Crippen molar-refractivity contribution in [2.24, 2.45) is 7.05 Å². The fraction of sp³-hybridized carbons (Fsp3) is 0.263. The van der Waals surface area contributed by atoms with E-state index in [4.69, 9.17) is 4.74 Å². The third-order valence-electron chi connectivity index (χ3n) is 4.31. The molecule has 3 aromatic rings. The van der Waals surface area contributed by atoms with Crippen LogP contribution in [0.25, 0.3) is 11.2 Å². The lowest BCUT2D eigenvalue weighted by atomic mass is 10.1. The van der Waals surface area contributed by atoms with Crippen LogP contribution >= 0.6 is 15.9 Å². The average molecular weight is 445 g/mol. The van der Waals surface area contributed by atoms with Gasteiger partial charge in [0.2, 0.25) is 0 Å². The van der Waals surface area contributed by atoms with E-state index in [1.54, 1.807) is 35.8 Å². The lowest BCUT2D eigenvalue weighted by Crippen LogP contribution is -2.41. The molecule has 0 unspecified atom stereocenters. The number of methoxy groups -OCH3 is 1. The summed E-state index contributed by atoms with van der Waals surface area (Å²) in [5.74, 6) is 5.60. The summed E-state index contributed by atoms with van der Waals surface area (Å²) in [5.41, 5.74) is -0.507. The van der Waals surface area contributed by atoms with Gasteiger partial charge < -0.3 is 9.30 Å². The number of para-hydroxylation sites is 1. The number of benzene rings is 1. The van der Waals surface area contributed by atoms with E-state index in [0.29, 0.717) is 16.0 Å². The van der Waals surface area contributed by atoms with Crippen LogP contribution < -0.4 is 16.0 Å². The van der Waals surface area contributed by atoms with Crippen molar-refractivity contribution in [2.45, 2.75) is 20.0 Å². The number of ketones is 1. The number of Topliss-reactive ketones (excluding diaryl/α,β-unsaturated/α-hetero) is 1. The summed E-state index contributed by atoms with van der Waals surface area (Å²) in [5, 5.41) is 0. The number of ether oxygens (including phenoxy) is 1. The van der Waals surface area contributed by atoms with Gasteiger partial charge in [0, 0.05) is 7.05 Å². The molecule has 2 heterocycles. The van der Waals surface area contributed by atoms with Crippen LogP contribution in [0.15, 0.2) is 38.6 Å². The van der Waals surface area contributed by atoms with Gasteiger partial charge in [-0.15, -0.1) is 5.92 Å². The number of aromatic nitrogens is 4. The predicted octanol–water partition coefficient (Wildman–Crippen LogP) is 1.57. The first-order chi connectivity index (χ1) is 13.4. The molecule has 1 aromatic carbocycles. The standard InChI is InChI=1S/C19H17BrN4O4/c1-4-5-10-23-15-16(21-18(23)20)22(2)19(27)24(17(15)26)11-13(25)12-8-6-7-9-14(12)28-3/h6-9H,10-11H2,1-3H3. The number of aryl methyl sites for hydroxylation is 1. The number of nitrogens with zero attached hydrogens (tertiary/aromatic N) is 4. The van der Waals surface area contributed by atoms with Crippen molar-refractivity contribution >= 4 is 32.9 Å². The maximum absolute atomic E-state index is 13.1. The third kappa shape index (κ3) is 3.27. The summed E-state index contributed by atoms with van der Waals surface area (Å²) in [6.07, 6.45) is 0. The van der Waals surface area contributed by atoms with E-state index in [1.165, 1.54) is 18.7 Å². The molecule has 0 aliphatic heterocycles. The van der Waals surface area contributed by atoms with Crippen LogP contribution in [0.2, 0.25) is 0 Å². The monoisotopic (exact) mass is 444 g/mol. The Kier molecular flexibility index (Phi) is 5.51. The minimum Gasteiger partial charge on any atom is -0.496 e. The second-order valence-electron chi connectivity index (χ2n) is 5.92. The number of carbonyl (C=O) groups excluding carboxylic acids is 1. The third-order valence-corrected chi connectivity index (χ3v) is 4.91. The molecule has 0 amide bonds. The first kappa shape index (κ1) is 19.6. The zero-order chi connectivity index (χ0) is 20.4. The molecule has 144 valence electrons. The predicted molar refractivity (Wildman–Crippen MR) is 108 cm³/mol. The Balaban J connectivity index is 2.18. The molecule has 0 N–H and O–H groups in total. The van der Waals surface area contributed by atoms with E-state index in [2.05, 4.69) is 32.8 Å². The summed E-state index contributed by atoms with van der Waals surface area (Å²) in [6.45, 7) is 1.50. The first-order valence-electron chi connectivity index (χ1n) is 8.32. The molecule has 0 bridgehead atoms. The van der Waals surface area contributed by atoms with Crippen LogP contribution in [0, 0.1) is 11.8 Å². The van der Waals surface area contributed by atoms with Crippen LogP contribution in [0.3, 0.4) is 0 Å². The highest BCUT2D eigenvalue weighted by Gasteiger charge is 2.21. The molecule has 0 spiro atoms. The van der Waals surface area contributed by atoms with Gasteiger partial charge in [-0.25, -0.2) is 9.78 Å². The Morgan fingerprint density at radius 2 is 1.96 bits per heavy atom. The largest absolute Gasteiger partial charge is 0.496 e. The maximum atomic E-state index is 13.1. The van der Waals surface area contributed by atoms with Crippen molar-refractivity contribution in [3.8, 4) is 17.6 Å². The number of carbonyl (C=O) groups is 1. The summed E-state index contributed by atoms with van der Waals surface area (Å²) in [4.78, 5) is 42.8. The van der Waals surface area contributed by atoms with E-state index < -0.39 is 23.6 Å². The highest BCUT2D eigenvalue weighted by atomic mass is 79.9. The highest BCUT2D eigenvalue weighted by molar-refractivity contribution is 9.10. The second kappa shape index (κ2) is 7.86. The molecule has 28 heavy (non-hydrogen) atoms. The number of hydrogen-bond acceptors (Lipinski definition) is 5. The van der Waals surface area contributed by atoms with Crippen LogP contribution in [0.1, 0.15) is 17.3 Å². The van der Waals surface area contributed by atoms with E-state index >= 15 is 0 Å². The molecular formula is C19H17BrN4O4. The molecule has 3 rings (SSSR count). The number of imidazole rings is 1. The maximum Gasteiger partial charge on any atom is 0.332 e. The lowest BCUT2D eigenvalue weighted by molar-refractivity contribution is 0.0966. The van der Waals surface area contributed by atoms with Gasteiger partial charge in [0.1, 0.15) is 5.75 Å². The van der Waals surface area contributed by atoms with Crippen molar-refractivity contribution in [3.63, 3.8) is 0 Å². The van der Waals surface area contributed by atoms with Crippen molar-refractivity contribution in [1.29, 1.82) is 0 Å². The summed E-state index contributed by atoms with van der Waals surface area (Å²) in [7, 11) is 2.96. The fourth-order valence-corrected chi connectivity index (χ4v) is 3.36. The van der Waals surface area contributed by atoms with Gasteiger partial charge in [-0.3, -0.25) is 18.7 Å². The van der Waals surface area contributed by atoms with Gasteiger partial charge in [-0.05, 0) is 35.0 Å². The Morgan fingerprint density at radius 3 is 2.64 bits per heavy atom. The van der Waals surface area contributed by atoms with Crippen molar-refractivity contribution in [2.75, 3.05) is 7.11 Å². The highest BCUT2D eigenvalue weighted by Crippen LogP contribution is 2.19. The van der Waals surface area contributed by atoms with Crippen molar-refractivity contribution in [3.05, 3.63) is 55.4 Å². The summed E-state index contributed by atoms with van der Waals surface area (Å²) < 4.78 is 9.29. The molecule has 2 aromatic heterocycles. The molecule has 0 radical (unpaired) electrons. The molecule has 9 heteroatoms. The topological polar surface area (TPSA) is 88.1 Å². The quantitative estimate of drug-likeness (QED) is 0.338. The average Bonchev–Trinajstić information content (AvgIpc) is 3.04. The molecule has 0 aliphatic rings.